The molecule has 2 amide bonds. The van der Waals surface area contributed by atoms with E-state index < -0.39 is 52.8 Å². The lowest BCUT2D eigenvalue weighted by atomic mass is 9.73. The van der Waals surface area contributed by atoms with Crippen molar-refractivity contribution in [2.24, 2.45) is 23.2 Å². The predicted molar refractivity (Wildman–Crippen MR) is 160 cm³/mol. The minimum atomic E-state index is -5.02. The molecule has 2 saturated carbocycles. The van der Waals surface area contributed by atoms with Crippen LogP contribution in [0.3, 0.4) is 0 Å². The van der Waals surface area contributed by atoms with Crippen molar-refractivity contribution in [3.63, 3.8) is 0 Å². The van der Waals surface area contributed by atoms with E-state index in [-0.39, 0.29) is 36.0 Å². The molecule has 2 aliphatic carbocycles. The number of hydrogen-bond donors (Lipinski definition) is 0. The summed E-state index contributed by atoms with van der Waals surface area (Å²) >= 11 is 0. The van der Waals surface area contributed by atoms with Crippen molar-refractivity contribution in [1.82, 2.24) is 9.80 Å². The number of amides is 2. The van der Waals surface area contributed by atoms with Gasteiger partial charge < -0.3 is 14.5 Å². The molecule has 1 saturated heterocycles. The topological polar surface area (TPSA) is 49.9 Å². The molecule has 1 unspecified atom stereocenters. The van der Waals surface area contributed by atoms with E-state index >= 15 is 0 Å². The molecule has 0 N–H and O–H groups in total. The van der Waals surface area contributed by atoms with Crippen molar-refractivity contribution >= 4 is 12.0 Å². The van der Waals surface area contributed by atoms with Crippen LogP contribution >= 0.6 is 0 Å². The smallest absolute Gasteiger partial charge is 0.416 e. The zero-order valence-electron chi connectivity index (χ0n) is 27.0. The number of rotatable bonds is 6. The van der Waals surface area contributed by atoms with Crippen LogP contribution < -0.4 is 0 Å². The molecule has 0 spiro atoms. The number of urea groups is 1. The van der Waals surface area contributed by atoms with Gasteiger partial charge in [0.2, 0.25) is 0 Å². The maximum absolute atomic E-state index is 14.2. The molecule has 2 aromatic carbocycles. The SMILES string of the molecule is CCOC(=O)[C@@]12C[C@@H](C3CCN(C(=O)N(C)[C@@H](C)c4cc(C(F)(F)F)cc(C(F)(F)F)c4)[C@@H](c4ccc(F)cc4C)C3)CCC[C@@H]1C2. The van der Waals surface area contributed by atoms with Crippen LogP contribution in [0.25, 0.3) is 0 Å². The van der Waals surface area contributed by atoms with Gasteiger partial charge in [0.25, 0.3) is 0 Å². The number of aryl methyl sites for hydroxylation is 1. The molecular weight excluding hydrogens is 629 g/mol. The van der Waals surface area contributed by atoms with E-state index in [1.54, 1.807) is 24.8 Å². The minimum absolute atomic E-state index is 0.0690. The van der Waals surface area contributed by atoms with E-state index in [0.717, 1.165) is 36.1 Å². The summed E-state index contributed by atoms with van der Waals surface area (Å²) in [6.07, 6.45) is -4.51. The van der Waals surface area contributed by atoms with Crippen LogP contribution in [0.1, 0.15) is 98.7 Å². The van der Waals surface area contributed by atoms with Crippen LogP contribution in [0.5, 0.6) is 0 Å². The largest absolute Gasteiger partial charge is 0.466 e. The Morgan fingerprint density at radius 3 is 2.23 bits per heavy atom. The van der Waals surface area contributed by atoms with E-state index in [1.807, 2.05) is 0 Å². The molecule has 6 atom stereocenters. The van der Waals surface area contributed by atoms with Crippen LogP contribution in [-0.4, -0.2) is 42.0 Å². The third-order valence-electron chi connectivity index (χ3n) is 10.8. The number of ether oxygens (including phenoxy) is 1. The second kappa shape index (κ2) is 13.0. The van der Waals surface area contributed by atoms with Gasteiger partial charge in [-0.3, -0.25) is 4.79 Å². The molecule has 0 aromatic heterocycles. The Balaban J connectivity index is 1.43. The number of halogens is 7. The second-order valence-electron chi connectivity index (χ2n) is 13.6. The summed E-state index contributed by atoms with van der Waals surface area (Å²) in [4.78, 5) is 29.9. The third kappa shape index (κ3) is 7.11. The molecule has 0 radical (unpaired) electrons. The third-order valence-corrected chi connectivity index (χ3v) is 10.8. The fraction of sp³-hybridized carbons (Fsp3) is 0.600. The Labute approximate surface area is 270 Å². The van der Waals surface area contributed by atoms with Crippen LogP contribution in [0, 0.1) is 35.9 Å². The van der Waals surface area contributed by atoms with Crippen molar-refractivity contribution in [3.8, 4) is 0 Å². The summed E-state index contributed by atoms with van der Waals surface area (Å²) in [5.41, 5.74) is -2.31. The molecular formula is C35H41F7N2O3. The molecule has 0 bridgehead atoms. The van der Waals surface area contributed by atoms with E-state index in [9.17, 15) is 40.3 Å². The highest BCUT2D eigenvalue weighted by Crippen LogP contribution is 2.63. The Morgan fingerprint density at radius 2 is 1.64 bits per heavy atom. The number of likely N-dealkylation sites (tertiary alicyclic amines) is 1. The van der Waals surface area contributed by atoms with E-state index in [0.29, 0.717) is 49.5 Å². The quantitative estimate of drug-likeness (QED) is 0.227. The number of benzene rings is 2. The molecule has 3 aliphatic rings. The summed E-state index contributed by atoms with van der Waals surface area (Å²) in [5, 5.41) is 0. The minimum Gasteiger partial charge on any atom is -0.466 e. The van der Waals surface area contributed by atoms with Gasteiger partial charge >= 0.3 is 24.4 Å². The molecule has 5 nitrogen and oxygen atoms in total. The Bertz CT molecular complexity index is 1460. The van der Waals surface area contributed by atoms with Gasteiger partial charge in [0, 0.05) is 13.6 Å². The fourth-order valence-electron chi connectivity index (χ4n) is 7.99. The predicted octanol–water partition coefficient (Wildman–Crippen LogP) is 9.50. The highest BCUT2D eigenvalue weighted by Gasteiger charge is 2.62. The Hall–Kier alpha value is -3.31. The van der Waals surface area contributed by atoms with Crippen LogP contribution in [-0.2, 0) is 21.9 Å². The van der Waals surface area contributed by atoms with Crippen LogP contribution in [0.2, 0.25) is 0 Å². The average molecular weight is 671 g/mol. The highest BCUT2D eigenvalue weighted by molar-refractivity contribution is 5.80. The number of alkyl halides is 6. The van der Waals surface area contributed by atoms with Gasteiger partial charge in [-0.15, -0.1) is 0 Å². The Morgan fingerprint density at radius 1 is 0.979 bits per heavy atom. The molecule has 3 fully saturated rings. The maximum atomic E-state index is 14.2. The maximum Gasteiger partial charge on any atom is 0.416 e. The summed E-state index contributed by atoms with van der Waals surface area (Å²) in [7, 11) is 1.36. The lowest BCUT2D eigenvalue weighted by Gasteiger charge is -2.45. The average Bonchev–Trinajstić information content (AvgIpc) is 3.74. The lowest BCUT2D eigenvalue weighted by Crippen LogP contribution is -2.48. The number of esters is 1. The normalized spacial score (nSPS) is 27.0. The van der Waals surface area contributed by atoms with Crippen molar-refractivity contribution in [3.05, 3.63) is 70.0 Å². The molecule has 12 heteroatoms. The zero-order chi connectivity index (χ0) is 34.5. The van der Waals surface area contributed by atoms with Crippen molar-refractivity contribution in [1.29, 1.82) is 0 Å². The highest BCUT2D eigenvalue weighted by atomic mass is 19.4. The van der Waals surface area contributed by atoms with Gasteiger partial charge in [0.1, 0.15) is 5.82 Å². The van der Waals surface area contributed by atoms with Gasteiger partial charge in [-0.2, -0.15) is 26.3 Å². The fourth-order valence-corrected chi connectivity index (χ4v) is 7.99. The summed E-state index contributed by atoms with van der Waals surface area (Å²) in [6.45, 7) is 5.53. The molecule has 1 heterocycles. The molecule has 258 valence electrons. The molecule has 1 aliphatic heterocycles. The van der Waals surface area contributed by atoms with Gasteiger partial charge in [-0.05, 0) is 118 Å². The van der Waals surface area contributed by atoms with Gasteiger partial charge in [0.05, 0.1) is 35.2 Å². The summed E-state index contributed by atoms with van der Waals surface area (Å²) < 4.78 is 101. The molecule has 47 heavy (non-hydrogen) atoms. The lowest BCUT2D eigenvalue weighted by molar-refractivity contribution is -0.151. The number of carbonyl (C=O) groups is 2. The van der Waals surface area contributed by atoms with Gasteiger partial charge in [0.15, 0.2) is 0 Å². The summed E-state index contributed by atoms with van der Waals surface area (Å²) in [5.74, 6) is 0.0726. The van der Waals surface area contributed by atoms with Crippen LogP contribution in [0.15, 0.2) is 36.4 Å². The van der Waals surface area contributed by atoms with Crippen LogP contribution in [0.4, 0.5) is 35.5 Å². The zero-order valence-corrected chi connectivity index (χ0v) is 27.0. The monoisotopic (exact) mass is 670 g/mol. The van der Waals surface area contributed by atoms with E-state index in [2.05, 4.69) is 0 Å². The van der Waals surface area contributed by atoms with Gasteiger partial charge in [-0.1, -0.05) is 18.9 Å². The first-order chi connectivity index (χ1) is 22.0. The number of carbonyl (C=O) groups excluding carboxylic acids is 2. The first-order valence-corrected chi connectivity index (χ1v) is 16.2. The van der Waals surface area contributed by atoms with Gasteiger partial charge in [-0.25, -0.2) is 9.18 Å². The van der Waals surface area contributed by atoms with E-state index in [4.69, 9.17) is 4.74 Å². The van der Waals surface area contributed by atoms with Crippen molar-refractivity contribution < 1.29 is 45.1 Å². The first-order valence-electron chi connectivity index (χ1n) is 16.2. The van der Waals surface area contributed by atoms with Crippen molar-refractivity contribution in [2.45, 2.75) is 90.2 Å². The number of fused-ring (bicyclic) bond motifs is 1. The van der Waals surface area contributed by atoms with E-state index in [1.165, 1.54) is 26.1 Å². The Kier molecular flexibility index (Phi) is 9.65. The molecule has 2 aromatic rings. The summed E-state index contributed by atoms with van der Waals surface area (Å²) in [6, 6.07) is 3.50. The number of hydrogen-bond acceptors (Lipinski definition) is 3. The molecule has 5 rings (SSSR count). The standard InChI is InChI=1S/C35H41F7N2O3/c1-5-47-31(45)33-18-23(7-6-8-25(33)19-33)22-11-12-44(30(16-22)29-10-9-28(36)13-20(29)2)32(46)43(4)21(3)24-14-26(34(37,38)39)17-27(15-24)35(40,41)42/h9-10,13-15,17,21-23,25,30H,5-8,11-12,16,18-19H2,1-4H3/t21-,22?,23-,25+,30+,33+/m0/s1. The van der Waals surface area contributed by atoms with Crippen molar-refractivity contribution in [2.75, 3.05) is 20.2 Å². The number of nitrogens with zero attached hydrogens (tertiary/aromatic N) is 2. The second-order valence-corrected chi connectivity index (χ2v) is 13.6. The number of piperidine rings is 1. The first kappa shape index (κ1) is 35.0.